The molecule has 0 radical (unpaired) electrons. The van der Waals surface area contributed by atoms with Gasteiger partial charge in [0.15, 0.2) is 11.6 Å². The second-order valence-electron chi connectivity index (χ2n) is 4.86. The van der Waals surface area contributed by atoms with Gasteiger partial charge in [-0.05, 0) is 31.5 Å². The van der Waals surface area contributed by atoms with E-state index in [-0.39, 0.29) is 11.8 Å². The molecule has 0 aliphatic rings. The Hall–Kier alpha value is -1.94. The van der Waals surface area contributed by atoms with Crippen LogP contribution in [0.1, 0.15) is 24.2 Å². The van der Waals surface area contributed by atoms with E-state index in [9.17, 15) is 8.78 Å². The van der Waals surface area contributed by atoms with E-state index in [4.69, 9.17) is 10.5 Å². The number of halogens is 2. The summed E-state index contributed by atoms with van der Waals surface area (Å²) in [5.74, 6) is -2.06. The summed E-state index contributed by atoms with van der Waals surface area (Å²) in [7, 11) is 0. The Bertz CT molecular complexity index is 582. The molecular formula is C16H17F2NO. The molecule has 2 N–H and O–H groups in total. The van der Waals surface area contributed by atoms with Gasteiger partial charge in [-0.3, -0.25) is 0 Å². The van der Waals surface area contributed by atoms with Crippen LogP contribution < -0.4 is 10.5 Å². The zero-order chi connectivity index (χ0) is 14.7. The molecule has 2 unspecified atom stereocenters. The average Bonchev–Trinajstić information content (AvgIpc) is 2.41. The van der Waals surface area contributed by atoms with Crippen molar-refractivity contribution in [2.45, 2.75) is 26.0 Å². The van der Waals surface area contributed by atoms with Crippen LogP contribution >= 0.6 is 0 Å². The van der Waals surface area contributed by atoms with Crippen molar-refractivity contribution < 1.29 is 13.5 Å². The third-order valence-electron chi connectivity index (χ3n) is 3.05. The lowest BCUT2D eigenvalue weighted by molar-refractivity contribution is 0.170. The molecule has 0 bridgehead atoms. The van der Waals surface area contributed by atoms with Crippen molar-refractivity contribution in [1.29, 1.82) is 0 Å². The molecule has 0 fully saturated rings. The molecule has 0 saturated carbocycles. The minimum absolute atomic E-state index is 0.132. The van der Waals surface area contributed by atoms with E-state index >= 15 is 0 Å². The van der Waals surface area contributed by atoms with Crippen LogP contribution in [-0.4, -0.2) is 6.04 Å². The summed E-state index contributed by atoms with van der Waals surface area (Å²) in [4.78, 5) is 0. The maximum Gasteiger partial charge on any atom is 0.200 e. The number of benzene rings is 2. The molecule has 2 aromatic rings. The van der Waals surface area contributed by atoms with Gasteiger partial charge in [0.05, 0.1) is 0 Å². The van der Waals surface area contributed by atoms with Gasteiger partial charge in [0.25, 0.3) is 0 Å². The molecule has 2 aromatic carbocycles. The van der Waals surface area contributed by atoms with Gasteiger partial charge in [-0.15, -0.1) is 0 Å². The van der Waals surface area contributed by atoms with Crippen molar-refractivity contribution in [3.63, 3.8) is 0 Å². The average molecular weight is 277 g/mol. The minimum atomic E-state index is -0.995. The normalized spacial score (nSPS) is 13.8. The molecule has 0 amide bonds. The lowest BCUT2D eigenvalue weighted by Crippen LogP contribution is -2.29. The number of hydrogen-bond acceptors (Lipinski definition) is 2. The fraction of sp³-hybridized carbons (Fsp3) is 0.250. The maximum atomic E-state index is 13.7. The molecule has 2 rings (SSSR count). The summed E-state index contributed by atoms with van der Waals surface area (Å²) in [6.07, 6.45) is -0.535. The first kappa shape index (κ1) is 14.5. The monoisotopic (exact) mass is 277 g/mol. The van der Waals surface area contributed by atoms with Crippen LogP contribution in [0.3, 0.4) is 0 Å². The highest BCUT2D eigenvalue weighted by atomic mass is 19.2. The van der Waals surface area contributed by atoms with E-state index in [0.29, 0.717) is 0 Å². The topological polar surface area (TPSA) is 35.2 Å². The van der Waals surface area contributed by atoms with Gasteiger partial charge in [0, 0.05) is 6.04 Å². The fourth-order valence-electron chi connectivity index (χ4n) is 1.95. The number of hydrogen-bond donors (Lipinski definition) is 1. The van der Waals surface area contributed by atoms with E-state index in [1.807, 2.05) is 31.2 Å². The van der Waals surface area contributed by atoms with Crippen LogP contribution in [0.2, 0.25) is 0 Å². The zero-order valence-corrected chi connectivity index (χ0v) is 11.4. The van der Waals surface area contributed by atoms with Crippen LogP contribution in [0, 0.1) is 18.6 Å². The summed E-state index contributed by atoms with van der Waals surface area (Å²) < 4.78 is 32.4. The van der Waals surface area contributed by atoms with Gasteiger partial charge < -0.3 is 10.5 Å². The summed E-state index contributed by atoms with van der Waals surface area (Å²) in [6, 6.07) is 11.1. The molecule has 0 aliphatic heterocycles. The van der Waals surface area contributed by atoms with E-state index in [0.717, 1.165) is 17.2 Å². The number of rotatable bonds is 4. The van der Waals surface area contributed by atoms with Gasteiger partial charge >= 0.3 is 0 Å². The Morgan fingerprint density at radius 1 is 1.05 bits per heavy atom. The Labute approximate surface area is 117 Å². The minimum Gasteiger partial charge on any atom is -0.481 e. The summed E-state index contributed by atoms with van der Waals surface area (Å²) in [5, 5.41) is 0. The van der Waals surface area contributed by atoms with Crippen molar-refractivity contribution in [2.24, 2.45) is 5.73 Å². The van der Waals surface area contributed by atoms with Crippen molar-refractivity contribution in [3.05, 3.63) is 65.2 Å². The van der Waals surface area contributed by atoms with Gasteiger partial charge in [-0.25, -0.2) is 4.39 Å². The highest BCUT2D eigenvalue weighted by Crippen LogP contribution is 2.27. The molecule has 0 heterocycles. The largest absolute Gasteiger partial charge is 0.481 e. The van der Waals surface area contributed by atoms with Gasteiger partial charge in [-0.1, -0.05) is 35.9 Å². The second kappa shape index (κ2) is 6.01. The van der Waals surface area contributed by atoms with E-state index in [1.54, 1.807) is 6.92 Å². The van der Waals surface area contributed by atoms with E-state index < -0.39 is 17.7 Å². The zero-order valence-electron chi connectivity index (χ0n) is 11.4. The maximum absolute atomic E-state index is 13.7. The van der Waals surface area contributed by atoms with Crippen molar-refractivity contribution in [2.75, 3.05) is 0 Å². The predicted molar refractivity (Wildman–Crippen MR) is 74.6 cm³/mol. The summed E-state index contributed by atoms with van der Waals surface area (Å²) >= 11 is 0. The highest BCUT2D eigenvalue weighted by molar-refractivity contribution is 5.29. The first-order valence-corrected chi connectivity index (χ1v) is 6.42. The molecule has 0 aromatic heterocycles. The molecular weight excluding hydrogens is 260 g/mol. The summed E-state index contributed by atoms with van der Waals surface area (Å²) in [5.41, 5.74) is 7.84. The number of ether oxygens (including phenoxy) is 1. The highest BCUT2D eigenvalue weighted by Gasteiger charge is 2.20. The Kier molecular flexibility index (Phi) is 4.35. The molecule has 4 heteroatoms. The van der Waals surface area contributed by atoms with Crippen LogP contribution in [0.15, 0.2) is 42.5 Å². The summed E-state index contributed by atoms with van der Waals surface area (Å²) in [6.45, 7) is 3.74. The van der Waals surface area contributed by atoms with E-state index in [2.05, 4.69) is 0 Å². The molecule has 0 spiro atoms. The molecule has 106 valence electrons. The van der Waals surface area contributed by atoms with Crippen LogP contribution in [0.4, 0.5) is 8.78 Å². The lowest BCUT2D eigenvalue weighted by atomic mass is 10.0. The first-order valence-electron chi connectivity index (χ1n) is 6.42. The SMILES string of the molecule is Cc1ccc(C(Oc2cccc(F)c2F)C(C)N)cc1. The Balaban J connectivity index is 2.30. The lowest BCUT2D eigenvalue weighted by Gasteiger charge is -2.23. The first-order chi connectivity index (χ1) is 9.49. The molecule has 20 heavy (non-hydrogen) atoms. The third kappa shape index (κ3) is 3.14. The Morgan fingerprint density at radius 2 is 1.70 bits per heavy atom. The van der Waals surface area contributed by atoms with Crippen molar-refractivity contribution in [1.82, 2.24) is 0 Å². The molecule has 0 aliphatic carbocycles. The quantitative estimate of drug-likeness (QED) is 0.924. The van der Waals surface area contributed by atoms with Crippen LogP contribution in [0.25, 0.3) is 0 Å². The Morgan fingerprint density at radius 3 is 2.30 bits per heavy atom. The molecule has 2 atom stereocenters. The van der Waals surface area contributed by atoms with E-state index in [1.165, 1.54) is 12.1 Å². The third-order valence-corrected chi connectivity index (χ3v) is 3.05. The molecule has 0 saturated heterocycles. The van der Waals surface area contributed by atoms with Gasteiger partial charge in [0.1, 0.15) is 6.10 Å². The standard InChI is InChI=1S/C16H17F2NO/c1-10-6-8-12(9-7-10)16(11(2)19)20-14-5-3-4-13(17)15(14)18/h3-9,11,16H,19H2,1-2H3. The van der Waals surface area contributed by atoms with Crippen LogP contribution in [0.5, 0.6) is 5.75 Å². The van der Waals surface area contributed by atoms with Crippen molar-refractivity contribution >= 4 is 0 Å². The second-order valence-corrected chi connectivity index (χ2v) is 4.86. The van der Waals surface area contributed by atoms with Crippen molar-refractivity contribution in [3.8, 4) is 5.75 Å². The number of nitrogens with two attached hydrogens (primary N) is 1. The fourth-order valence-corrected chi connectivity index (χ4v) is 1.95. The molecule has 2 nitrogen and oxygen atoms in total. The smallest absolute Gasteiger partial charge is 0.200 e. The van der Waals surface area contributed by atoms with Crippen LogP contribution in [-0.2, 0) is 0 Å². The number of aryl methyl sites for hydroxylation is 1. The predicted octanol–water partition coefficient (Wildman–Crippen LogP) is 3.74. The van der Waals surface area contributed by atoms with Gasteiger partial charge in [0.2, 0.25) is 5.82 Å². The van der Waals surface area contributed by atoms with Gasteiger partial charge in [-0.2, -0.15) is 4.39 Å².